The summed E-state index contributed by atoms with van der Waals surface area (Å²) >= 11 is 0. The number of hydrogen-bond donors (Lipinski definition) is 1. The molecule has 0 spiro atoms. The van der Waals surface area contributed by atoms with Gasteiger partial charge in [0, 0.05) is 18.8 Å². The molecule has 4 rings (SSSR count). The molecule has 1 aliphatic rings. The Morgan fingerprint density at radius 2 is 1.72 bits per heavy atom. The Morgan fingerprint density at radius 1 is 0.966 bits per heavy atom. The topological polar surface area (TPSA) is 58.6 Å². The Labute approximate surface area is 170 Å². The Balaban J connectivity index is 1.32. The van der Waals surface area contributed by atoms with Gasteiger partial charge in [-0.05, 0) is 47.9 Å². The van der Waals surface area contributed by atoms with E-state index in [4.69, 9.17) is 4.74 Å². The van der Waals surface area contributed by atoms with E-state index in [1.807, 2.05) is 72.8 Å². The summed E-state index contributed by atoms with van der Waals surface area (Å²) in [4.78, 5) is 26.9. The lowest BCUT2D eigenvalue weighted by molar-refractivity contribution is -0.136. The van der Waals surface area contributed by atoms with Crippen LogP contribution >= 0.6 is 0 Å². The first-order valence-corrected chi connectivity index (χ1v) is 9.94. The molecule has 5 heteroatoms. The summed E-state index contributed by atoms with van der Waals surface area (Å²) in [6, 6.07) is 23.2. The second kappa shape index (κ2) is 8.78. The summed E-state index contributed by atoms with van der Waals surface area (Å²) in [5, 5.41) is 5.15. The lowest BCUT2D eigenvalue weighted by Crippen LogP contribution is -2.45. The van der Waals surface area contributed by atoms with Crippen molar-refractivity contribution < 1.29 is 14.3 Å². The molecule has 2 amide bonds. The maximum Gasteiger partial charge on any atom is 0.260 e. The fourth-order valence-corrected chi connectivity index (χ4v) is 3.68. The van der Waals surface area contributed by atoms with E-state index >= 15 is 0 Å². The quantitative estimate of drug-likeness (QED) is 0.716. The molecule has 1 aliphatic heterocycles. The van der Waals surface area contributed by atoms with Gasteiger partial charge in [0.1, 0.15) is 5.75 Å². The van der Waals surface area contributed by atoms with E-state index in [2.05, 4.69) is 5.32 Å². The summed E-state index contributed by atoms with van der Waals surface area (Å²) < 4.78 is 5.73. The van der Waals surface area contributed by atoms with Gasteiger partial charge in [0.05, 0.1) is 5.92 Å². The summed E-state index contributed by atoms with van der Waals surface area (Å²) in [5.74, 6) is 0.348. The predicted molar refractivity (Wildman–Crippen MR) is 114 cm³/mol. The van der Waals surface area contributed by atoms with Crippen molar-refractivity contribution in [3.05, 3.63) is 72.8 Å². The highest BCUT2D eigenvalue weighted by Crippen LogP contribution is 2.22. The second-order valence-corrected chi connectivity index (χ2v) is 7.33. The minimum absolute atomic E-state index is 0.0225. The van der Waals surface area contributed by atoms with Crippen LogP contribution in [0.15, 0.2) is 72.8 Å². The molecular weight excluding hydrogens is 364 g/mol. The lowest BCUT2D eigenvalue weighted by atomic mass is 9.97. The van der Waals surface area contributed by atoms with E-state index in [-0.39, 0.29) is 24.3 Å². The van der Waals surface area contributed by atoms with Crippen molar-refractivity contribution in [3.63, 3.8) is 0 Å². The molecule has 1 atom stereocenters. The van der Waals surface area contributed by atoms with Crippen LogP contribution in [0.3, 0.4) is 0 Å². The Hall–Kier alpha value is -3.34. The van der Waals surface area contributed by atoms with Gasteiger partial charge in [-0.2, -0.15) is 0 Å². The Morgan fingerprint density at radius 3 is 2.55 bits per heavy atom. The number of hydrogen-bond acceptors (Lipinski definition) is 3. The van der Waals surface area contributed by atoms with Crippen LogP contribution in [0.4, 0.5) is 5.69 Å². The zero-order chi connectivity index (χ0) is 20.1. The molecule has 0 aromatic heterocycles. The first kappa shape index (κ1) is 19.0. The van der Waals surface area contributed by atoms with Crippen molar-refractivity contribution in [3.8, 4) is 5.75 Å². The summed E-state index contributed by atoms with van der Waals surface area (Å²) in [5.41, 5.74) is 0.778. The fraction of sp³-hybridized carbons (Fsp3) is 0.250. The first-order valence-electron chi connectivity index (χ1n) is 9.94. The van der Waals surface area contributed by atoms with E-state index < -0.39 is 0 Å². The summed E-state index contributed by atoms with van der Waals surface area (Å²) in [7, 11) is 0. The molecule has 1 heterocycles. The number of likely N-dealkylation sites (tertiary alicyclic amines) is 1. The molecule has 1 N–H and O–H groups in total. The SMILES string of the molecule is O=C(Nc1ccccc1)C1CCCN(C(=O)COc2ccc3ccccc3c2)C1. The van der Waals surface area contributed by atoms with Crippen LogP contribution in [0.1, 0.15) is 12.8 Å². The number of rotatable bonds is 5. The van der Waals surface area contributed by atoms with Crippen LogP contribution in [0.2, 0.25) is 0 Å². The molecule has 0 radical (unpaired) electrons. The van der Waals surface area contributed by atoms with Crippen LogP contribution in [0, 0.1) is 5.92 Å². The largest absolute Gasteiger partial charge is 0.484 e. The Kier molecular flexibility index (Phi) is 5.75. The average molecular weight is 388 g/mol. The number of benzene rings is 3. The smallest absolute Gasteiger partial charge is 0.260 e. The number of fused-ring (bicyclic) bond motifs is 1. The van der Waals surface area contributed by atoms with Crippen LogP contribution in [0.25, 0.3) is 10.8 Å². The van der Waals surface area contributed by atoms with E-state index in [0.717, 1.165) is 29.3 Å². The molecule has 1 unspecified atom stereocenters. The van der Waals surface area contributed by atoms with Gasteiger partial charge in [-0.1, -0.05) is 48.5 Å². The highest BCUT2D eigenvalue weighted by Gasteiger charge is 2.28. The number of nitrogens with zero attached hydrogens (tertiary/aromatic N) is 1. The molecule has 1 saturated heterocycles. The average Bonchev–Trinajstić information content (AvgIpc) is 2.78. The van der Waals surface area contributed by atoms with Crippen molar-refractivity contribution in [1.82, 2.24) is 4.90 Å². The number of carbonyl (C=O) groups is 2. The van der Waals surface area contributed by atoms with Gasteiger partial charge in [-0.15, -0.1) is 0 Å². The molecule has 3 aromatic carbocycles. The molecule has 1 fully saturated rings. The number of nitrogens with one attached hydrogen (secondary N) is 1. The molecule has 29 heavy (non-hydrogen) atoms. The monoisotopic (exact) mass is 388 g/mol. The van der Waals surface area contributed by atoms with E-state index in [9.17, 15) is 9.59 Å². The minimum Gasteiger partial charge on any atom is -0.484 e. The van der Waals surface area contributed by atoms with Gasteiger partial charge in [-0.25, -0.2) is 0 Å². The van der Waals surface area contributed by atoms with Crippen LogP contribution < -0.4 is 10.1 Å². The molecular formula is C24H24N2O3. The first-order chi connectivity index (χ1) is 14.2. The normalized spacial score (nSPS) is 16.4. The molecule has 0 saturated carbocycles. The maximum atomic E-state index is 12.6. The van der Waals surface area contributed by atoms with Gasteiger partial charge in [0.2, 0.25) is 5.91 Å². The predicted octanol–water partition coefficient (Wildman–Crippen LogP) is 4.10. The third kappa shape index (κ3) is 4.74. The molecule has 5 nitrogen and oxygen atoms in total. The molecule has 3 aromatic rings. The number of piperidine rings is 1. The second-order valence-electron chi connectivity index (χ2n) is 7.33. The molecule has 0 bridgehead atoms. The van der Waals surface area contributed by atoms with Crippen molar-refractivity contribution in [2.24, 2.45) is 5.92 Å². The van der Waals surface area contributed by atoms with E-state index in [0.29, 0.717) is 18.8 Å². The highest BCUT2D eigenvalue weighted by molar-refractivity contribution is 5.93. The van der Waals surface area contributed by atoms with Gasteiger partial charge in [-0.3, -0.25) is 9.59 Å². The van der Waals surface area contributed by atoms with Crippen LogP contribution in [-0.2, 0) is 9.59 Å². The third-order valence-electron chi connectivity index (χ3n) is 5.27. The molecule has 148 valence electrons. The van der Waals surface area contributed by atoms with E-state index in [1.165, 1.54) is 0 Å². The standard InChI is InChI=1S/C24H24N2O3/c27-23(17-29-22-13-12-18-7-4-5-8-19(18)15-22)26-14-6-9-20(16-26)24(28)25-21-10-2-1-3-11-21/h1-5,7-8,10-13,15,20H,6,9,14,16-17H2,(H,25,28). The van der Waals surface area contributed by atoms with Gasteiger partial charge in [0.15, 0.2) is 6.61 Å². The number of carbonyl (C=O) groups excluding carboxylic acids is 2. The van der Waals surface area contributed by atoms with Gasteiger partial charge < -0.3 is 15.0 Å². The number of anilines is 1. The Bertz CT molecular complexity index is 1000. The van der Waals surface area contributed by atoms with Crippen molar-refractivity contribution in [2.75, 3.05) is 25.0 Å². The van der Waals surface area contributed by atoms with Crippen molar-refractivity contribution in [1.29, 1.82) is 0 Å². The summed E-state index contributed by atoms with van der Waals surface area (Å²) in [6.07, 6.45) is 1.60. The van der Waals surface area contributed by atoms with Crippen molar-refractivity contribution in [2.45, 2.75) is 12.8 Å². The van der Waals surface area contributed by atoms with E-state index in [1.54, 1.807) is 4.90 Å². The zero-order valence-electron chi connectivity index (χ0n) is 16.2. The number of para-hydroxylation sites is 1. The molecule has 0 aliphatic carbocycles. The van der Waals surface area contributed by atoms with Crippen molar-refractivity contribution >= 4 is 28.3 Å². The highest BCUT2D eigenvalue weighted by atomic mass is 16.5. The number of ether oxygens (including phenoxy) is 1. The third-order valence-corrected chi connectivity index (χ3v) is 5.27. The van der Waals surface area contributed by atoms with Crippen LogP contribution in [-0.4, -0.2) is 36.4 Å². The zero-order valence-corrected chi connectivity index (χ0v) is 16.2. The minimum atomic E-state index is -0.200. The number of amides is 2. The maximum absolute atomic E-state index is 12.6. The lowest BCUT2D eigenvalue weighted by Gasteiger charge is -2.32. The van der Waals surface area contributed by atoms with Crippen LogP contribution in [0.5, 0.6) is 5.75 Å². The summed E-state index contributed by atoms with van der Waals surface area (Å²) in [6.45, 7) is 1.07. The van der Waals surface area contributed by atoms with Gasteiger partial charge >= 0.3 is 0 Å². The fourth-order valence-electron chi connectivity index (χ4n) is 3.68. The van der Waals surface area contributed by atoms with Gasteiger partial charge in [0.25, 0.3) is 5.91 Å².